The Balaban J connectivity index is 0.000000351. The Morgan fingerprint density at radius 3 is 1.60 bits per heavy atom. The van der Waals surface area contributed by atoms with Crippen LogP contribution in [0.25, 0.3) is 0 Å². The van der Waals surface area contributed by atoms with E-state index >= 15 is 0 Å². The lowest BCUT2D eigenvalue weighted by Gasteiger charge is -2.03. The molecular formula is C22H23F2N5O6. The number of esters is 2. The van der Waals surface area contributed by atoms with Crippen molar-refractivity contribution in [1.82, 2.24) is 0 Å². The maximum absolute atomic E-state index is 12.6. The van der Waals surface area contributed by atoms with Crippen LogP contribution in [0.1, 0.15) is 13.8 Å². The number of carbonyl (C=O) groups is 3. The highest BCUT2D eigenvalue weighted by atomic mass is 19.1. The van der Waals surface area contributed by atoms with Crippen molar-refractivity contribution >= 4 is 47.2 Å². The van der Waals surface area contributed by atoms with Gasteiger partial charge in [-0.2, -0.15) is 10.2 Å². The molecule has 35 heavy (non-hydrogen) atoms. The highest BCUT2D eigenvalue weighted by Crippen LogP contribution is 2.08. The molecule has 0 heterocycles. The van der Waals surface area contributed by atoms with Gasteiger partial charge in [0.2, 0.25) is 5.71 Å². The molecule has 3 N–H and O–H groups in total. The molecule has 2 aromatic rings. The average molecular weight is 491 g/mol. The van der Waals surface area contributed by atoms with Crippen LogP contribution >= 0.6 is 0 Å². The van der Waals surface area contributed by atoms with Gasteiger partial charge in [0.15, 0.2) is 12.0 Å². The van der Waals surface area contributed by atoms with Gasteiger partial charge in [0.05, 0.1) is 24.6 Å². The number of halogens is 2. The lowest BCUT2D eigenvalue weighted by atomic mass is 10.3. The zero-order valence-corrected chi connectivity index (χ0v) is 18.8. The SMILES string of the molecule is CCOC(=O)C(C=NO)=NNc1ccc(F)cc1.CCOC(=O)C(C=O)=NNc1ccc(F)cc1. The van der Waals surface area contributed by atoms with Crippen LogP contribution in [0.3, 0.4) is 0 Å². The number of rotatable bonds is 10. The summed E-state index contributed by atoms with van der Waals surface area (Å²) in [4.78, 5) is 33.1. The van der Waals surface area contributed by atoms with E-state index in [1.807, 2.05) is 0 Å². The first-order valence-corrected chi connectivity index (χ1v) is 9.99. The maximum Gasteiger partial charge on any atom is 0.362 e. The third kappa shape index (κ3) is 11.1. The van der Waals surface area contributed by atoms with E-state index in [9.17, 15) is 23.2 Å². The van der Waals surface area contributed by atoms with Gasteiger partial charge in [-0.05, 0) is 62.4 Å². The maximum atomic E-state index is 12.6. The lowest BCUT2D eigenvalue weighted by molar-refractivity contribution is -0.136. The molecule has 0 bridgehead atoms. The number of carbonyl (C=O) groups excluding carboxylic acids is 3. The number of nitrogens with one attached hydrogen (secondary N) is 2. The highest BCUT2D eigenvalue weighted by Gasteiger charge is 2.11. The number of hydrogen-bond acceptors (Lipinski definition) is 11. The summed E-state index contributed by atoms with van der Waals surface area (Å²) < 4.78 is 34.5. The minimum absolute atomic E-state index is 0.155. The molecule has 0 saturated carbocycles. The molecule has 2 rings (SSSR count). The van der Waals surface area contributed by atoms with Crippen molar-refractivity contribution < 1.29 is 37.8 Å². The summed E-state index contributed by atoms with van der Waals surface area (Å²) in [5, 5.41) is 18.4. The summed E-state index contributed by atoms with van der Waals surface area (Å²) in [6.45, 7) is 3.59. The predicted octanol–water partition coefficient (Wildman–Crippen LogP) is 2.97. The standard InChI is InChI=1S/C11H12FN3O3.C11H11FN2O3/c1-2-18-11(16)10(7-13-17)15-14-9-5-3-8(12)4-6-9;1-2-17-11(16)10(7-15)14-13-9-5-3-8(12)4-6-9/h3-7,14,17H,2H2,1H3;3-7,13H,2H2,1H3. The number of ether oxygens (including phenoxy) is 2. The molecule has 0 aliphatic rings. The molecule has 0 aliphatic heterocycles. The number of oxime groups is 1. The van der Waals surface area contributed by atoms with Crippen molar-refractivity contribution in [3.63, 3.8) is 0 Å². The molecule has 11 nitrogen and oxygen atoms in total. The van der Waals surface area contributed by atoms with E-state index in [4.69, 9.17) is 9.94 Å². The van der Waals surface area contributed by atoms with Gasteiger partial charge in [-0.25, -0.2) is 18.4 Å². The zero-order valence-electron chi connectivity index (χ0n) is 18.8. The van der Waals surface area contributed by atoms with Crippen LogP contribution in [0, 0.1) is 11.6 Å². The largest absolute Gasteiger partial charge is 0.461 e. The fourth-order valence-corrected chi connectivity index (χ4v) is 2.01. The summed E-state index contributed by atoms with van der Waals surface area (Å²) in [6, 6.07) is 10.7. The molecule has 0 unspecified atom stereocenters. The first-order chi connectivity index (χ1) is 16.8. The van der Waals surface area contributed by atoms with Gasteiger partial charge in [-0.15, -0.1) is 0 Å². The van der Waals surface area contributed by atoms with Crippen molar-refractivity contribution in [2.45, 2.75) is 13.8 Å². The highest BCUT2D eigenvalue weighted by molar-refractivity contribution is 6.59. The molecular weight excluding hydrogens is 468 g/mol. The van der Waals surface area contributed by atoms with Crippen LogP contribution in [0.5, 0.6) is 0 Å². The van der Waals surface area contributed by atoms with Crippen molar-refractivity contribution in [2.24, 2.45) is 15.4 Å². The molecule has 0 aliphatic carbocycles. The number of nitrogens with zero attached hydrogens (tertiary/aromatic N) is 3. The van der Waals surface area contributed by atoms with Crippen molar-refractivity contribution in [1.29, 1.82) is 0 Å². The van der Waals surface area contributed by atoms with Gasteiger partial charge < -0.3 is 14.7 Å². The fourth-order valence-electron chi connectivity index (χ4n) is 2.01. The van der Waals surface area contributed by atoms with Gasteiger partial charge in [0.1, 0.15) is 17.8 Å². The van der Waals surface area contributed by atoms with Gasteiger partial charge in [-0.1, -0.05) is 5.16 Å². The zero-order chi connectivity index (χ0) is 26.1. The van der Waals surface area contributed by atoms with E-state index in [2.05, 4.69) is 30.9 Å². The van der Waals surface area contributed by atoms with E-state index in [1.165, 1.54) is 48.5 Å². The Kier molecular flexibility index (Phi) is 13.0. The van der Waals surface area contributed by atoms with E-state index < -0.39 is 11.9 Å². The number of benzene rings is 2. The minimum atomic E-state index is -0.808. The van der Waals surface area contributed by atoms with Crippen molar-refractivity contribution in [2.75, 3.05) is 24.1 Å². The Labute approximate surface area is 199 Å². The van der Waals surface area contributed by atoms with E-state index in [1.54, 1.807) is 13.8 Å². The van der Waals surface area contributed by atoms with Crippen LogP contribution in [0.2, 0.25) is 0 Å². The molecule has 0 radical (unpaired) electrons. The Bertz CT molecular complexity index is 1060. The molecule has 0 spiro atoms. The third-order valence-electron chi connectivity index (χ3n) is 3.56. The summed E-state index contributed by atoms with van der Waals surface area (Å²) in [5.74, 6) is -2.31. The van der Waals surface area contributed by atoms with Crippen LogP contribution in [0.15, 0.2) is 63.9 Å². The fraction of sp³-hybridized carbons (Fsp3) is 0.182. The van der Waals surface area contributed by atoms with Crippen LogP contribution in [0.4, 0.5) is 20.2 Å². The molecule has 0 aromatic heterocycles. The average Bonchev–Trinajstić information content (AvgIpc) is 2.85. The lowest BCUT2D eigenvalue weighted by Crippen LogP contribution is -2.20. The second-order valence-corrected chi connectivity index (χ2v) is 6.03. The van der Waals surface area contributed by atoms with Crippen LogP contribution in [-0.4, -0.2) is 54.3 Å². The van der Waals surface area contributed by atoms with Gasteiger partial charge in [-0.3, -0.25) is 15.6 Å². The first-order valence-electron chi connectivity index (χ1n) is 9.99. The molecule has 0 amide bonds. The monoisotopic (exact) mass is 491 g/mol. The molecule has 186 valence electrons. The number of anilines is 2. The van der Waals surface area contributed by atoms with E-state index in [0.717, 1.165) is 6.21 Å². The molecule has 0 saturated heterocycles. The smallest absolute Gasteiger partial charge is 0.362 e. The van der Waals surface area contributed by atoms with Gasteiger partial charge in [0, 0.05) is 0 Å². The summed E-state index contributed by atoms with van der Waals surface area (Å²) >= 11 is 0. The normalized spacial score (nSPS) is 11.2. The van der Waals surface area contributed by atoms with Gasteiger partial charge in [0.25, 0.3) is 0 Å². The molecule has 2 aromatic carbocycles. The third-order valence-corrected chi connectivity index (χ3v) is 3.56. The van der Waals surface area contributed by atoms with Gasteiger partial charge >= 0.3 is 11.9 Å². The summed E-state index contributed by atoms with van der Waals surface area (Å²) in [6.07, 6.45) is 1.13. The molecule has 13 heteroatoms. The van der Waals surface area contributed by atoms with Crippen LogP contribution in [-0.2, 0) is 23.9 Å². The number of hydrazone groups is 2. The van der Waals surface area contributed by atoms with E-state index in [0.29, 0.717) is 11.4 Å². The summed E-state index contributed by atoms with van der Waals surface area (Å²) in [5.41, 5.74) is 5.31. The van der Waals surface area contributed by atoms with Crippen molar-refractivity contribution in [3.05, 3.63) is 60.2 Å². The van der Waals surface area contributed by atoms with Crippen LogP contribution < -0.4 is 10.9 Å². The number of hydrogen-bond donors (Lipinski definition) is 3. The summed E-state index contributed by atoms with van der Waals surface area (Å²) in [7, 11) is 0. The first kappa shape index (κ1) is 28.4. The minimum Gasteiger partial charge on any atom is -0.461 e. The Morgan fingerprint density at radius 2 is 1.23 bits per heavy atom. The topological polar surface area (TPSA) is 151 Å². The van der Waals surface area contributed by atoms with E-state index in [-0.39, 0.29) is 42.6 Å². The second-order valence-electron chi connectivity index (χ2n) is 6.03. The number of aldehydes is 1. The Morgan fingerprint density at radius 1 is 0.829 bits per heavy atom. The van der Waals surface area contributed by atoms with Crippen molar-refractivity contribution in [3.8, 4) is 0 Å². The predicted molar refractivity (Wildman–Crippen MR) is 125 cm³/mol. The quantitative estimate of drug-likeness (QED) is 0.115. The molecule has 0 atom stereocenters. The molecule has 0 fully saturated rings. The second kappa shape index (κ2) is 16.0. The Hall–Kier alpha value is -4.68.